The zero-order valence-electron chi connectivity index (χ0n) is 4.23. The molecule has 0 aliphatic heterocycles. The number of rotatable bonds is 1. The van der Waals surface area contributed by atoms with Crippen LogP contribution in [0.15, 0.2) is 12.4 Å². The molecular formula is C4H10N2. The van der Waals surface area contributed by atoms with E-state index in [9.17, 15) is 0 Å². The van der Waals surface area contributed by atoms with Crippen molar-refractivity contribution in [2.24, 2.45) is 5.73 Å². The highest BCUT2D eigenvalue weighted by Gasteiger charge is 1.79. The van der Waals surface area contributed by atoms with E-state index in [4.69, 9.17) is 5.73 Å². The Kier molecular flexibility index (Phi) is 1.51. The molecule has 0 heterocycles. The van der Waals surface area contributed by atoms with Crippen LogP contribution in [0.2, 0.25) is 0 Å². The molecule has 0 aliphatic carbocycles. The van der Waals surface area contributed by atoms with Crippen LogP contribution in [0.4, 0.5) is 0 Å². The summed E-state index contributed by atoms with van der Waals surface area (Å²) in [5.41, 5.74) is 5.17. The zero-order valence-corrected chi connectivity index (χ0v) is 4.23. The highest BCUT2D eigenvalue weighted by molar-refractivity contribution is 4.80. The molecule has 0 saturated carbocycles. The second-order valence-corrected chi connectivity index (χ2v) is 1.39. The Hall–Kier alpha value is -0.660. The first-order valence-corrected chi connectivity index (χ1v) is 1.76. The van der Waals surface area contributed by atoms with Gasteiger partial charge < -0.3 is 10.6 Å². The lowest BCUT2D eigenvalue weighted by molar-refractivity contribution is 0.508. The van der Waals surface area contributed by atoms with Crippen molar-refractivity contribution >= 4 is 0 Å². The van der Waals surface area contributed by atoms with E-state index in [2.05, 4.69) is 6.58 Å². The second-order valence-electron chi connectivity index (χ2n) is 1.39. The van der Waals surface area contributed by atoms with Gasteiger partial charge in [0.15, 0.2) is 0 Å². The lowest BCUT2D eigenvalue weighted by Crippen LogP contribution is -2.16. The Morgan fingerprint density at radius 3 is 1.83 bits per heavy atom. The summed E-state index contributed by atoms with van der Waals surface area (Å²) < 4.78 is 0. The average Bonchev–Trinajstić information content (AvgIpc) is 1.36. The zero-order chi connectivity index (χ0) is 5.15. The van der Waals surface area contributed by atoms with E-state index in [-0.39, 0.29) is 0 Å². The molecule has 0 aromatic rings. The third-order valence-electron chi connectivity index (χ3n) is 0.574. The van der Waals surface area contributed by atoms with Crippen LogP contribution in [0.1, 0.15) is 0 Å². The summed E-state index contributed by atoms with van der Waals surface area (Å²) in [6.45, 7) is 3.46. The summed E-state index contributed by atoms with van der Waals surface area (Å²) in [4.78, 5) is 1.75. The Bertz CT molecular complexity index is 56.6. The van der Waals surface area contributed by atoms with Gasteiger partial charge in [-0.2, -0.15) is 0 Å². The Morgan fingerprint density at radius 2 is 1.83 bits per heavy atom. The quantitative estimate of drug-likeness (QED) is 0.486. The van der Waals surface area contributed by atoms with Crippen LogP contribution in [0.3, 0.4) is 0 Å². The summed E-state index contributed by atoms with van der Waals surface area (Å²) in [7, 11) is 3.70. The van der Waals surface area contributed by atoms with E-state index in [1.54, 1.807) is 4.90 Å². The monoisotopic (exact) mass is 86.1 g/mol. The topological polar surface area (TPSA) is 29.3 Å². The maximum Gasteiger partial charge on any atom is 0.0907 e. The molecule has 0 spiro atoms. The number of hydrogen-bond donors (Lipinski definition) is 1. The van der Waals surface area contributed by atoms with Gasteiger partial charge >= 0.3 is 0 Å². The van der Waals surface area contributed by atoms with Gasteiger partial charge in [-0.1, -0.05) is 6.58 Å². The van der Waals surface area contributed by atoms with Gasteiger partial charge in [0.2, 0.25) is 0 Å². The highest BCUT2D eigenvalue weighted by Crippen LogP contribution is 1.77. The smallest absolute Gasteiger partial charge is 0.0907 e. The van der Waals surface area contributed by atoms with Gasteiger partial charge in [0.05, 0.1) is 5.82 Å². The maximum atomic E-state index is 5.17. The Balaban J connectivity index is 3.26. The predicted molar refractivity (Wildman–Crippen MR) is 27.0 cm³/mol. The molecule has 0 atom stereocenters. The van der Waals surface area contributed by atoms with Crippen molar-refractivity contribution < 1.29 is 0 Å². The van der Waals surface area contributed by atoms with Gasteiger partial charge in [-0.25, -0.2) is 0 Å². The van der Waals surface area contributed by atoms with Crippen LogP contribution in [0.25, 0.3) is 0 Å². The summed E-state index contributed by atoms with van der Waals surface area (Å²) in [6.07, 6.45) is 0. The minimum Gasteiger partial charge on any atom is -0.386 e. The average molecular weight is 86.1 g/mol. The van der Waals surface area contributed by atoms with E-state index >= 15 is 0 Å². The van der Waals surface area contributed by atoms with Gasteiger partial charge in [-0.05, 0) is 0 Å². The molecule has 0 bridgehead atoms. The van der Waals surface area contributed by atoms with Crippen molar-refractivity contribution in [2.45, 2.75) is 0 Å². The van der Waals surface area contributed by atoms with Crippen LogP contribution in [0, 0.1) is 0 Å². The van der Waals surface area contributed by atoms with Gasteiger partial charge in [0.25, 0.3) is 0 Å². The van der Waals surface area contributed by atoms with E-state index in [0.717, 1.165) is 0 Å². The molecule has 6 heavy (non-hydrogen) atoms. The minimum absolute atomic E-state index is 0.593. The highest BCUT2D eigenvalue weighted by atomic mass is 15.1. The molecule has 0 aromatic carbocycles. The normalized spacial score (nSPS) is 7.67. The van der Waals surface area contributed by atoms with Crippen LogP contribution in [-0.4, -0.2) is 19.0 Å². The number of nitrogens with two attached hydrogens (primary N) is 1. The molecule has 0 aliphatic rings. The summed E-state index contributed by atoms with van der Waals surface area (Å²) >= 11 is 0. The van der Waals surface area contributed by atoms with E-state index < -0.39 is 0 Å². The molecule has 0 saturated heterocycles. The SMILES string of the molecule is C=C(N)N(C)C. The first-order valence-electron chi connectivity index (χ1n) is 1.76. The van der Waals surface area contributed by atoms with E-state index in [0.29, 0.717) is 5.82 Å². The third kappa shape index (κ3) is 1.64. The van der Waals surface area contributed by atoms with Crippen molar-refractivity contribution in [1.29, 1.82) is 0 Å². The molecule has 36 valence electrons. The van der Waals surface area contributed by atoms with E-state index in [1.165, 1.54) is 0 Å². The predicted octanol–water partition coefficient (Wildman–Crippen LogP) is -0.0221. The second kappa shape index (κ2) is 1.70. The summed E-state index contributed by atoms with van der Waals surface area (Å²) in [5, 5.41) is 0. The van der Waals surface area contributed by atoms with Crippen molar-refractivity contribution in [2.75, 3.05) is 14.1 Å². The minimum atomic E-state index is 0.593. The standard InChI is InChI=1S/C4H10N2/c1-4(5)6(2)3/h1,5H2,2-3H3. The molecule has 0 aromatic heterocycles. The largest absolute Gasteiger partial charge is 0.386 e. The van der Waals surface area contributed by atoms with Gasteiger partial charge in [-0.3, -0.25) is 0 Å². The maximum absolute atomic E-state index is 5.17. The summed E-state index contributed by atoms with van der Waals surface area (Å²) in [5.74, 6) is 0.593. The van der Waals surface area contributed by atoms with E-state index in [1.807, 2.05) is 14.1 Å². The van der Waals surface area contributed by atoms with Gasteiger partial charge in [0, 0.05) is 14.1 Å². The van der Waals surface area contributed by atoms with Crippen molar-refractivity contribution in [3.8, 4) is 0 Å². The lowest BCUT2D eigenvalue weighted by Gasteiger charge is -2.08. The van der Waals surface area contributed by atoms with Crippen LogP contribution < -0.4 is 5.73 Å². The fraction of sp³-hybridized carbons (Fsp3) is 0.500. The van der Waals surface area contributed by atoms with Crippen LogP contribution >= 0.6 is 0 Å². The molecule has 2 N–H and O–H groups in total. The summed E-state index contributed by atoms with van der Waals surface area (Å²) in [6, 6.07) is 0. The van der Waals surface area contributed by atoms with Gasteiger partial charge in [0.1, 0.15) is 0 Å². The fourth-order valence-corrected chi connectivity index (χ4v) is 0. The van der Waals surface area contributed by atoms with Crippen LogP contribution in [-0.2, 0) is 0 Å². The van der Waals surface area contributed by atoms with Crippen molar-refractivity contribution in [1.82, 2.24) is 4.90 Å². The third-order valence-corrected chi connectivity index (χ3v) is 0.574. The molecule has 0 radical (unpaired) electrons. The number of nitrogens with zero attached hydrogens (tertiary/aromatic N) is 1. The molecule has 0 amide bonds. The van der Waals surface area contributed by atoms with Gasteiger partial charge in [-0.15, -0.1) is 0 Å². The first-order chi connectivity index (χ1) is 2.64. The van der Waals surface area contributed by atoms with Crippen molar-refractivity contribution in [3.05, 3.63) is 12.4 Å². The Morgan fingerprint density at radius 1 is 1.67 bits per heavy atom. The number of hydrogen-bond acceptors (Lipinski definition) is 2. The van der Waals surface area contributed by atoms with Crippen LogP contribution in [0.5, 0.6) is 0 Å². The Labute approximate surface area is 38.2 Å². The molecule has 2 heteroatoms. The van der Waals surface area contributed by atoms with Crippen molar-refractivity contribution in [3.63, 3.8) is 0 Å². The molecule has 0 unspecified atom stereocenters. The molecule has 0 rings (SSSR count). The first kappa shape index (κ1) is 5.34. The fourth-order valence-electron chi connectivity index (χ4n) is 0. The molecule has 2 nitrogen and oxygen atoms in total. The lowest BCUT2D eigenvalue weighted by atomic mass is 10.7. The molecule has 0 fully saturated rings. The molecular weight excluding hydrogens is 76.1 g/mol.